The number of nitrogens with two attached hydrogens (primary N) is 1. The molecule has 1 atom stereocenters. The predicted octanol–water partition coefficient (Wildman–Crippen LogP) is 1.93. The van der Waals surface area contributed by atoms with E-state index in [0.717, 1.165) is 31.0 Å². The fourth-order valence-electron chi connectivity index (χ4n) is 2.06. The number of pyridine rings is 1. The van der Waals surface area contributed by atoms with E-state index in [1.54, 1.807) is 18.3 Å². The number of hydrogen-bond donors (Lipinski definition) is 1. The van der Waals surface area contributed by atoms with Gasteiger partial charge in [0, 0.05) is 42.4 Å². The molecule has 1 unspecified atom stereocenters. The van der Waals surface area contributed by atoms with Crippen molar-refractivity contribution < 1.29 is 4.79 Å². The summed E-state index contributed by atoms with van der Waals surface area (Å²) in [5.74, 6) is 1.13. The molecule has 106 valence electrons. The van der Waals surface area contributed by atoms with Crippen LogP contribution in [0.25, 0.3) is 0 Å². The number of carbonyl (C=O) groups excluding carboxylic acids is 1. The third-order valence-electron chi connectivity index (χ3n) is 3.15. The topological polar surface area (TPSA) is 59.2 Å². The Kier molecular flexibility index (Phi) is 6.62. The molecule has 1 saturated heterocycles. The maximum absolute atomic E-state index is 12.4. The van der Waals surface area contributed by atoms with Gasteiger partial charge >= 0.3 is 0 Å². The van der Waals surface area contributed by atoms with Gasteiger partial charge in [0.05, 0.1) is 5.69 Å². The Morgan fingerprint density at radius 1 is 1.63 bits per heavy atom. The predicted molar refractivity (Wildman–Crippen MR) is 81.8 cm³/mol. The number of amides is 1. The molecule has 2 rings (SSSR count). The molecule has 2 N–H and O–H groups in total. The fraction of sp³-hybridized carbons (Fsp3) is 0.538. The van der Waals surface area contributed by atoms with Crippen LogP contribution in [0.4, 0.5) is 0 Å². The lowest BCUT2D eigenvalue weighted by Gasteiger charge is -2.32. The van der Waals surface area contributed by atoms with Crippen molar-refractivity contribution in [1.29, 1.82) is 0 Å². The molecule has 0 aliphatic carbocycles. The number of carbonyl (C=O) groups is 1. The molecule has 1 fully saturated rings. The highest BCUT2D eigenvalue weighted by atomic mass is 35.5. The smallest absolute Gasteiger partial charge is 0.254 e. The maximum atomic E-state index is 12.4. The van der Waals surface area contributed by atoms with Crippen LogP contribution in [-0.2, 0) is 6.54 Å². The minimum absolute atomic E-state index is 0. The van der Waals surface area contributed by atoms with Crippen LogP contribution in [0, 0.1) is 0 Å². The van der Waals surface area contributed by atoms with Crippen molar-refractivity contribution in [2.45, 2.75) is 25.1 Å². The second-order valence-electron chi connectivity index (χ2n) is 4.39. The molecule has 1 aromatic rings. The highest BCUT2D eigenvalue weighted by Crippen LogP contribution is 2.22. The zero-order valence-electron chi connectivity index (χ0n) is 11.0. The number of hydrogen-bond acceptors (Lipinski definition) is 4. The molecule has 6 heteroatoms. The molecule has 0 saturated carbocycles. The molecule has 1 amide bonds. The van der Waals surface area contributed by atoms with Gasteiger partial charge in [-0.15, -0.1) is 12.4 Å². The lowest BCUT2D eigenvalue weighted by atomic mass is 10.2. The first-order chi connectivity index (χ1) is 8.74. The van der Waals surface area contributed by atoms with E-state index in [1.165, 1.54) is 0 Å². The van der Waals surface area contributed by atoms with Gasteiger partial charge in [0.1, 0.15) is 0 Å². The Balaban J connectivity index is 0.00000180. The Morgan fingerprint density at radius 2 is 2.42 bits per heavy atom. The van der Waals surface area contributed by atoms with Gasteiger partial charge in [-0.3, -0.25) is 9.78 Å². The van der Waals surface area contributed by atoms with Gasteiger partial charge in [-0.1, -0.05) is 6.92 Å². The van der Waals surface area contributed by atoms with E-state index in [-0.39, 0.29) is 18.3 Å². The van der Waals surface area contributed by atoms with Crippen molar-refractivity contribution in [2.75, 3.05) is 18.8 Å². The molecule has 0 radical (unpaired) electrons. The van der Waals surface area contributed by atoms with Crippen molar-refractivity contribution in [3.63, 3.8) is 0 Å². The normalized spacial score (nSPS) is 18.8. The molecule has 0 spiro atoms. The summed E-state index contributed by atoms with van der Waals surface area (Å²) in [6, 6.07) is 3.56. The minimum Gasteiger partial charge on any atom is -0.337 e. The van der Waals surface area contributed by atoms with Crippen LogP contribution in [0.2, 0.25) is 0 Å². The third kappa shape index (κ3) is 4.09. The number of aromatic nitrogens is 1. The van der Waals surface area contributed by atoms with Crippen LogP contribution < -0.4 is 5.73 Å². The van der Waals surface area contributed by atoms with E-state index in [4.69, 9.17) is 5.73 Å². The average molecular weight is 302 g/mol. The maximum Gasteiger partial charge on any atom is 0.254 e. The second kappa shape index (κ2) is 7.72. The van der Waals surface area contributed by atoms with Crippen LogP contribution >= 0.6 is 24.2 Å². The largest absolute Gasteiger partial charge is 0.337 e. The molecule has 1 aromatic heterocycles. The summed E-state index contributed by atoms with van der Waals surface area (Å²) in [7, 11) is 0. The first-order valence-corrected chi connectivity index (χ1v) is 7.35. The molecule has 2 heterocycles. The zero-order chi connectivity index (χ0) is 13.0. The number of rotatable bonds is 3. The standard InChI is InChI=1S/C13H19N3OS.ClH/c1-2-12-9-16(5-6-18-12)13(17)10-3-4-15-11(7-10)8-14;/h3-4,7,12H,2,5-6,8-9,14H2,1H3;1H. The van der Waals surface area contributed by atoms with E-state index in [2.05, 4.69) is 11.9 Å². The van der Waals surface area contributed by atoms with E-state index in [0.29, 0.717) is 17.4 Å². The SMILES string of the molecule is CCC1CN(C(=O)c2ccnc(CN)c2)CCS1.Cl. The van der Waals surface area contributed by atoms with Crippen molar-refractivity contribution >= 4 is 30.1 Å². The van der Waals surface area contributed by atoms with Gasteiger partial charge in [0.15, 0.2) is 0 Å². The Morgan fingerprint density at radius 3 is 3.11 bits per heavy atom. The van der Waals surface area contributed by atoms with Gasteiger partial charge in [0.25, 0.3) is 5.91 Å². The fourth-order valence-corrected chi connectivity index (χ4v) is 3.24. The number of thioether (sulfide) groups is 1. The molecule has 19 heavy (non-hydrogen) atoms. The van der Waals surface area contributed by atoms with Crippen LogP contribution in [-0.4, -0.2) is 39.9 Å². The molecular formula is C13H20ClN3OS. The second-order valence-corrected chi connectivity index (χ2v) is 5.80. The van der Waals surface area contributed by atoms with Gasteiger partial charge in [-0.25, -0.2) is 0 Å². The van der Waals surface area contributed by atoms with Crippen LogP contribution in [0.3, 0.4) is 0 Å². The van der Waals surface area contributed by atoms with Crippen molar-refractivity contribution in [2.24, 2.45) is 5.73 Å². The van der Waals surface area contributed by atoms with Gasteiger partial charge in [-0.2, -0.15) is 11.8 Å². The Labute approximate surface area is 124 Å². The van der Waals surface area contributed by atoms with E-state index in [1.807, 2.05) is 16.7 Å². The highest BCUT2D eigenvalue weighted by molar-refractivity contribution is 8.00. The quantitative estimate of drug-likeness (QED) is 0.927. The average Bonchev–Trinajstić information content (AvgIpc) is 2.46. The van der Waals surface area contributed by atoms with Crippen LogP contribution in [0.5, 0.6) is 0 Å². The third-order valence-corrected chi connectivity index (χ3v) is 4.53. The summed E-state index contributed by atoms with van der Waals surface area (Å²) >= 11 is 1.96. The van der Waals surface area contributed by atoms with E-state index < -0.39 is 0 Å². The lowest BCUT2D eigenvalue weighted by Crippen LogP contribution is -2.41. The molecule has 0 bridgehead atoms. The molecule has 1 aliphatic heterocycles. The van der Waals surface area contributed by atoms with Crippen molar-refractivity contribution in [1.82, 2.24) is 9.88 Å². The summed E-state index contributed by atoms with van der Waals surface area (Å²) in [5.41, 5.74) is 7.01. The van der Waals surface area contributed by atoms with Gasteiger partial charge < -0.3 is 10.6 Å². The van der Waals surface area contributed by atoms with Gasteiger partial charge in [0.2, 0.25) is 0 Å². The highest BCUT2D eigenvalue weighted by Gasteiger charge is 2.23. The molecular weight excluding hydrogens is 282 g/mol. The Hall–Kier alpha value is -0.780. The first-order valence-electron chi connectivity index (χ1n) is 6.30. The molecule has 0 aromatic carbocycles. The van der Waals surface area contributed by atoms with E-state index >= 15 is 0 Å². The van der Waals surface area contributed by atoms with Crippen LogP contribution in [0.15, 0.2) is 18.3 Å². The zero-order valence-corrected chi connectivity index (χ0v) is 12.7. The molecule has 1 aliphatic rings. The van der Waals surface area contributed by atoms with Crippen molar-refractivity contribution in [3.05, 3.63) is 29.6 Å². The molecule has 4 nitrogen and oxygen atoms in total. The summed E-state index contributed by atoms with van der Waals surface area (Å²) in [5, 5.41) is 0.568. The minimum atomic E-state index is 0. The summed E-state index contributed by atoms with van der Waals surface area (Å²) < 4.78 is 0. The summed E-state index contributed by atoms with van der Waals surface area (Å²) in [4.78, 5) is 18.4. The Bertz CT molecular complexity index is 430. The first kappa shape index (κ1) is 16.3. The lowest BCUT2D eigenvalue weighted by molar-refractivity contribution is 0.0760. The number of nitrogens with zero attached hydrogens (tertiary/aromatic N) is 2. The summed E-state index contributed by atoms with van der Waals surface area (Å²) in [6.45, 7) is 4.22. The van der Waals surface area contributed by atoms with Crippen LogP contribution in [0.1, 0.15) is 29.4 Å². The number of halogens is 1. The van der Waals surface area contributed by atoms with Crippen molar-refractivity contribution in [3.8, 4) is 0 Å². The monoisotopic (exact) mass is 301 g/mol. The van der Waals surface area contributed by atoms with Gasteiger partial charge in [-0.05, 0) is 18.6 Å². The summed E-state index contributed by atoms with van der Waals surface area (Å²) in [6.07, 6.45) is 2.77. The van der Waals surface area contributed by atoms with E-state index in [9.17, 15) is 4.79 Å².